The van der Waals surface area contributed by atoms with E-state index in [4.69, 9.17) is 9.15 Å². The maximum absolute atomic E-state index is 11.4. The first-order chi connectivity index (χ1) is 9.72. The quantitative estimate of drug-likeness (QED) is 0.735. The van der Waals surface area contributed by atoms with E-state index in [9.17, 15) is 4.79 Å². The molecule has 108 valence electrons. The van der Waals surface area contributed by atoms with Crippen molar-refractivity contribution in [3.63, 3.8) is 0 Å². The Morgan fingerprint density at radius 3 is 3.05 bits per heavy atom. The number of ether oxygens (including phenoxy) is 1. The zero-order chi connectivity index (χ0) is 14.4. The van der Waals surface area contributed by atoms with E-state index in [1.54, 1.807) is 17.6 Å². The fourth-order valence-corrected chi connectivity index (χ4v) is 2.55. The third-order valence-corrected chi connectivity index (χ3v) is 3.65. The molecule has 0 aliphatic heterocycles. The van der Waals surface area contributed by atoms with Crippen LogP contribution in [0.15, 0.2) is 28.2 Å². The standard InChI is InChI=1S/C14H18N2O3S/c1-3-6-16(9-13(17)18-2)8-11-10-19-14(15-11)12-5-4-7-20-12/h4-5,7,10H,3,6,8-9H2,1-2H3. The number of hydrogen-bond donors (Lipinski definition) is 0. The third kappa shape index (κ3) is 3.91. The highest BCUT2D eigenvalue weighted by atomic mass is 32.1. The zero-order valence-corrected chi connectivity index (χ0v) is 12.5. The molecule has 0 bridgehead atoms. The predicted molar refractivity (Wildman–Crippen MR) is 77.4 cm³/mol. The van der Waals surface area contributed by atoms with Crippen LogP contribution in [-0.4, -0.2) is 36.1 Å². The summed E-state index contributed by atoms with van der Waals surface area (Å²) in [7, 11) is 1.40. The molecule has 2 rings (SSSR count). The molecular weight excluding hydrogens is 276 g/mol. The first kappa shape index (κ1) is 14.7. The summed E-state index contributed by atoms with van der Waals surface area (Å²) in [6.45, 7) is 3.74. The van der Waals surface area contributed by atoms with Gasteiger partial charge in [-0.15, -0.1) is 11.3 Å². The minimum Gasteiger partial charge on any atom is -0.468 e. The fourth-order valence-electron chi connectivity index (χ4n) is 1.90. The minimum absolute atomic E-state index is 0.236. The van der Waals surface area contributed by atoms with Crippen molar-refractivity contribution in [2.75, 3.05) is 20.2 Å². The molecule has 0 aliphatic carbocycles. The van der Waals surface area contributed by atoms with Crippen molar-refractivity contribution in [1.82, 2.24) is 9.88 Å². The molecule has 0 unspecified atom stereocenters. The van der Waals surface area contributed by atoms with Crippen LogP contribution < -0.4 is 0 Å². The SMILES string of the molecule is CCCN(CC(=O)OC)Cc1coc(-c2cccs2)n1. The van der Waals surface area contributed by atoms with Gasteiger partial charge in [-0.2, -0.15) is 0 Å². The van der Waals surface area contributed by atoms with E-state index in [1.165, 1.54) is 7.11 Å². The molecule has 5 nitrogen and oxygen atoms in total. The molecule has 0 amide bonds. The molecular formula is C14H18N2O3S. The number of rotatable bonds is 7. The van der Waals surface area contributed by atoms with Gasteiger partial charge in [0.2, 0.25) is 5.89 Å². The Morgan fingerprint density at radius 2 is 2.40 bits per heavy atom. The van der Waals surface area contributed by atoms with Gasteiger partial charge >= 0.3 is 5.97 Å². The number of oxazole rings is 1. The van der Waals surface area contributed by atoms with Crippen molar-refractivity contribution in [2.45, 2.75) is 19.9 Å². The molecule has 2 aromatic rings. The molecule has 0 atom stereocenters. The lowest BCUT2D eigenvalue weighted by atomic mass is 10.3. The number of aromatic nitrogens is 1. The van der Waals surface area contributed by atoms with Gasteiger partial charge in [0.25, 0.3) is 0 Å². The molecule has 0 aromatic carbocycles. The monoisotopic (exact) mass is 294 g/mol. The minimum atomic E-state index is -0.236. The van der Waals surface area contributed by atoms with E-state index in [-0.39, 0.29) is 12.5 Å². The van der Waals surface area contributed by atoms with Crippen molar-refractivity contribution in [2.24, 2.45) is 0 Å². The summed E-state index contributed by atoms with van der Waals surface area (Å²) >= 11 is 1.59. The van der Waals surface area contributed by atoms with Crippen molar-refractivity contribution in [3.05, 3.63) is 29.5 Å². The molecule has 0 saturated heterocycles. The van der Waals surface area contributed by atoms with Gasteiger partial charge in [0.1, 0.15) is 6.26 Å². The topological polar surface area (TPSA) is 55.6 Å². The molecule has 0 aliphatic rings. The fraction of sp³-hybridized carbons (Fsp3) is 0.429. The van der Waals surface area contributed by atoms with Crippen LogP contribution in [0.5, 0.6) is 0 Å². The van der Waals surface area contributed by atoms with Gasteiger partial charge < -0.3 is 9.15 Å². The lowest BCUT2D eigenvalue weighted by molar-refractivity contribution is -0.142. The number of hydrogen-bond acceptors (Lipinski definition) is 6. The van der Waals surface area contributed by atoms with Gasteiger partial charge in [0.05, 0.1) is 24.2 Å². The molecule has 0 N–H and O–H groups in total. The molecule has 2 heterocycles. The second kappa shape index (κ2) is 7.21. The van der Waals surface area contributed by atoms with Crippen molar-refractivity contribution >= 4 is 17.3 Å². The Kier molecular flexibility index (Phi) is 5.31. The summed E-state index contributed by atoms with van der Waals surface area (Å²) < 4.78 is 10.2. The van der Waals surface area contributed by atoms with E-state index < -0.39 is 0 Å². The number of methoxy groups -OCH3 is 1. The lowest BCUT2D eigenvalue weighted by Gasteiger charge is -2.18. The van der Waals surface area contributed by atoms with Gasteiger partial charge in [0.15, 0.2) is 0 Å². The number of nitrogens with zero attached hydrogens (tertiary/aromatic N) is 2. The Hall–Kier alpha value is -1.66. The predicted octanol–water partition coefficient (Wildman–Crippen LogP) is 2.79. The highest BCUT2D eigenvalue weighted by Crippen LogP contribution is 2.23. The third-order valence-electron chi connectivity index (χ3n) is 2.79. The summed E-state index contributed by atoms with van der Waals surface area (Å²) in [6.07, 6.45) is 2.61. The Bertz CT molecular complexity index is 536. The van der Waals surface area contributed by atoms with Crippen LogP contribution in [-0.2, 0) is 16.1 Å². The first-order valence-electron chi connectivity index (χ1n) is 6.50. The summed E-state index contributed by atoms with van der Waals surface area (Å²) in [5.41, 5.74) is 0.825. The van der Waals surface area contributed by atoms with E-state index in [0.717, 1.165) is 23.5 Å². The average Bonchev–Trinajstić information content (AvgIpc) is 3.08. The van der Waals surface area contributed by atoms with Gasteiger partial charge in [-0.3, -0.25) is 9.69 Å². The maximum Gasteiger partial charge on any atom is 0.319 e. The molecule has 0 fully saturated rings. The van der Waals surface area contributed by atoms with E-state index >= 15 is 0 Å². The van der Waals surface area contributed by atoms with Crippen LogP contribution in [0.3, 0.4) is 0 Å². The van der Waals surface area contributed by atoms with Crippen LogP contribution in [0, 0.1) is 0 Å². The average molecular weight is 294 g/mol. The van der Waals surface area contributed by atoms with E-state index in [1.807, 2.05) is 22.4 Å². The van der Waals surface area contributed by atoms with Gasteiger partial charge in [0, 0.05) is 6.54 Å². The number of thiophene rings is 1. The smallest absolute Gasteiger partial charge is 0.319 e. The Morgan fingerprint density at radius 1 is 1.55 bits per heavy atom. The Labute approximate surface area is 122 Å². The van der Waals surface area contributed by atoms with Crippen molar-refractivity contribution in [3.8, 4) is 10.8 Å². The van der Waals surface area contributed by atoms with Crippen LogP contribution in [0.2, 0.25) is 0 Å². The van der Waals surface area contributed by atoms with Crippen LogP contribution in [0.4, 0.5) is 0 Å². The highest BCUT2D eigenvalue weighted by Gasteiger charge is 2.14. The summed E-state index contributed by atoms with van der Waals surface area (Å²) in [4.78, 5) is 18.8. The Balaban J connectivity index is 2.01. The normalized spacial score (nSPS) is 10.9. The van der Waals surface area contributed by atoms with Crippen molar-refractivity contribution < 1.29 is 13.9 Å². The molecule has 0 spiro atoms. The molecule has 6 heteroatoms. The number of carbonyl (C=O) groups excluding carboxylic acids is 1. The van der Waals surface area contributed by atoms with E-state index in [0.29, 0.717) is 12.4 Å². The second-order valence-corrected chi connectivity index (χ2v) is 5.36. The zero-order valence-electron chi connectivity index (χ0n) is 11.7. The van der Waals surface area contributed by atoms with Gasteiger partial charge in [-0.1, -0.05) is 13.0 Å². The molecule has 20 heavy (non-hydrogen) atoms. The first-order valence-corrected chi connectivity index (χ1v) is 7.38. The summed E-state index contributed by atoms with van der Waals surface area (Å²) in [6, 6.07) is 3.93. The van der Waals surface area contributed by atoms with Crippen molar-refractivity contribution in [1.29, 1.82) is 0 Å². The molecule has 0 radical (unpaired) electrons. The van der Waals surface area contributed by atoms with E-state index in [2.05, 4.69) is 11.9 Å². The van der Waals surface area contributed by atoms with Crippen LogP contribution in [0.25, 0.3) is 10.8 Å². The number of esters is 1. The molecule has 0 saturated carbocycles. The lowest BCUT2D eigenvalue weighted by Crippen LogP contribution is -2.31. The largest absolute Gasteiger partial charge is 0.468 e. The highest BCUT2D eigenvalue weighted by molar-refractivity contribution is 7.13. The van der Waals surface area contributed by atoms with Crippen LogP contribution in [0.1, 0.15) is 19.0 Å². The molecule has 2 aromatic heterocycles. The van der Waals surface area contributed by atoms with Gasteiger partial charge in [-0.25, -0.2) is 4.98 Å². The second-order valence-electron chi connectivity index (χ2n) is 4.41. The summed E-state index contributed by atoms with van der Waals surface area (Å²) in [5.74, 6) is 0.393. The van der Waals surface area contributed by atoms with Gasteiger partial charge in [-0.05, 0) is 24.4 Å². The maximum atomic E-state index is 11.4. The van der Waals surface area contributed by atoms with Crippen LogP contribution >= 0.6 is 11.3 Å². The number of carbonyl (C=O) groups is 1. The summed E-state index contributed by atoms with van der Waals surface area (Å²) in [5, 5.41) is 1.99.